The Bertz CT molecular complexity index is 543. The predicted octanol–water partition coefficient (Wildman–Crippen LogP) is 1.39. The van der Waals surface area contributed by atoms with Crippen LogP contribution in [0.15, 0.2) is 15.8 Å². The summed E-state index contributed by atoms with van der Waals surface area (Å²) in [6.07, 6.45) is 5.15. The van der Waals surface area contributed by atoms with Crippen LogP contribution in [0.3, 0.4) is 0 Å². The second kappa shape index (κ2) is 7.43. The van der Waals surface area contributed by atoms with E-state index in [4.69, 9.17) is 0 Å². The minimum atomic E-state index is -0.288. The van der Waals surface area contributed by atoms with Crippen molar-refractivity contribution in [2.45, 2.75) is 52.6 Å². The Morgan fingerprint density at radius 2 is 1.80 bits per heavy atom. The van der Waals surface area contributed by atoms with Crippen LogP contribution in [0.4, 0.5) is 0 Å². The van der Waals surface area contributed by atoms with Gasteiger partial charge in [0.15, 0.2) is 0 Å². The van der Waals surface area contributed by atoms with E-state index in [9.17, 15) is 9.59 Å². The monoisotopic (exact) mass is 281 g/mol. The van der Waals surface area contributed by atoms with Gasteiger partial charge in [-0.1, -0.05) is 26.7 Å². The Balaban J connectivity index is 2.58. The minimum absolute atomic E-state index is 0.213. The largest absolute Gasteiger partial charge is 0.330 e. The maximum atomic E-state index is 12.0. The fourth-order valence-corrected chi connectivity index (χ4v) is 2.22. The van der Waals surface area contributed by atoms with Gasteiger partial charge in [0, 0.05) is 38.4 Å². The summed E-state index contributed by atoms with van der Waals surface area (Å²) in [5, 5.41) is 3.36. The van der Waals surface area contributed by atoms with Gasteiger partial charge in [0.1, 0.15) is 0 Å². The Labute approximate surface area is 120 Å². The zero-order valence-electron chi connectivity index (χ0n) is 13.3. The Morgan fingerprint density at radius 1 is 1.15 bits per heavy atom. The fourth-order valence-electron chi connectivity index (χ4n) is 2.22. The van der Waals surface area contributed by atoms with Gasteiger partial charge >= 0.3 is 5.69 Å². The van der Waals surface area contributed by atoms with E-state index in [1.165, 1.54) is 24.5 Å². The van der Waals surface area contributed by atoms with Crippen LogP contribution in [-0.4, -0.2) is 15.2 Å². The molecular formula is C15H27N3O2. The predicted molar refractivity (Wildman–Crippen MR) is 81.9 cm³/mol. The molecule has 5 nitrogen and oxygen atoms in total. The van der Waals surface area contributed by atoms with E-state index in [-0.39, 0.29) is 11.2 Å². The second-order valence-electron chi connectivity index (χ2n) is 6.02. The summed E-state index contributed by atoms with van der Waals surface area (Å²) in [7, 11) is 3.18. The van der Waals surface area contributed by atoms with Crippen LogP contribution < -0.4 is 16.6 Å². The topological polar surface area (TPSA) is 56.0 Å². The van der Waals surface area contributed by atoms with Crippen molar-refractivity contribution in [1.82, 2.24) is 14.5 Å². The highest BCUT2D eigenvalue weighted by molar-refractivity contribution is 5.05. The molecule has 0 fully saturated rings. The smallest absolute Gasteiger partial charge is 0.310 e. The SMILES string of the molecule is CC(C)CCCC(C)NCc1cn(C)c(=O)n(C)c1=O. The van der Waals surface area contributed by atoms with Crippen molar-refractivity contribution in [1.29, 1.82) is 0 Å². The highest BCUT2D eigenvalue weighted by Gasteiger charge is 2.08. The van der Waals surface area contributed by atoms with Crippen LogP contribution in [0.2, 0.25) is 0 Å². The molecule has 0 bridgehead atoms. The maximum Gasteiger partial charge on any atom is 0.330 e. The number of aromatic nitrogens is 2. The zero-order valence-corrected chi connectivity index (χ0v) is 13.3. The summed E-state index contributed by atoms with van der Waals surface area (Å²) < 4.78 is 2.60. The van der Waals surface area contributed by atoms with Crippen molar-refractivity contribution in [3.63, 3.8) is 0 Å². The van der Waals surface area contributed by atoms with Gasteiger partial charge in [0.25, 0.3) is 5.56 Å². The van der Waals surface area contributed by atoms with Crippen LogP contribution in [0.5, 0.6) is 0 Å². The molecule has 0 saturated heterocycles. The molecule has 0 aliphatic carbocycles. The molecule has 5 heteroatoms. The summed E-state index contributed by atoms with van der Waals surface area (Å²) in [5.41, 5.74) is 0.129. The molecule has 1 aromatic heterocycles. The number of hydrogen-bond donors (Lipinski definition) is 1. The third kappa shape index (κ3) is 4.63. The van der Waals surface area contributed by atoms with Gasteiger partial charge in [-0.3, -0.25) is 9.36 Å². The molecule has 0 saturated carbocycles. The van der Waals surface area contributed by atoms with Crippen LogP contribution in [0, 0.1) is 5.92 Å². The molecule has 1 unspecified atom stereocenters. The maximum absolute atomic E-state index is 12.0. The molecule has 0 aliphatic heterocycles. The van der Waals surface area contributed by atoms with E-state index >= 15 is 0 Å². The summed E-state index contributed by atoms with van der Waals surface area (Å²) in [4.78, 5) is 23.6. The zero-order chi connectivity index (χ0) is 15.3. The fraction of sp³-hybridized carbons (Fsp3) is 0.733. The summed E-state index contributed by atoms with van der Waals surface area (Å²) in [6, 6.07) is 0.371. The molecule has 0 spiro atoms. The summed E-state index contributed by atoms with van der Waals surface area (Å²) in [6.45, 7) is 7.09. The standard InChI is InChI=1S/C15H27N3O2/c1-11(2)7-6-8-12(3)16-9-13-10-17(4)15(20)18(5)14(13)19/h10-12,16H,6-9H2,1-5H3. The van der Waals surface area contributed by atoms with E-state index in [0.717, 1.165) is 16.9 Å². The molecule has 114 valence electrons. The second-order valence-corrected chi connectivity index (χ2v) is 6.02. The quantitative estimate of drug-likeness (QED) is 0.821. The number of nitrogens with one attached hydrogen (secondary N) is 1. The molecule has 0 radical (unpaired) electrons. The Hall–Kier alpha value is -1.36. The molecule has 1 N–H and O–H groups in total. The van der Waals surface area contributed by atoms with Gasteiger partial charge in [-0.05, 0) is 19.3 Å². The summed E-state index contributed by atoms with van der Waals surface area (Å²) >= 11 is 0. The van der Waals surface area contributed by atoms with Gasteiger partial charge < -0.3 is 9.88 Å². The number of nitrogens with zero attached hydrogens (tertiary/aromatic N) is 2. The lowest BCUT2D eigenvalue weighted by Crippen LogP contribution is -2.40. The van der Waals surface area contributed by atoms with Gasteiger partial charge in [0.05, 0.1) is 0 Å². The first-order chi connectivity index (χ1) is 9.32. The van der Waals surface area contributed by atoms with Gasteiger partial charge in [-0.2, -0.15) is 0 Å². The van der Waals surface area contributed by atoms with Gasteiger partial charge in [-0.25, -0.2) is 4.79 Å². The lowest BCUT2D eigenvalue weighted by Gasteiger charge is -2.15. The molecule has 0 amide bonds. The molecule has 0 aromatic carbocycles. The molecule has 1 aromatic rings. The van der Waals surface area contributed by atoms with Crippen LogP contribution in [0.1, 0.15) is 45.6 Å². The number of rotatable bonds is 7. The van der Waals surface area contributed by atoms with Crippen LogP contribution in [0.25, 0.3) is 0 Å². The molecule has 1 rings (SSSR count). The average Bonchev–Trinajstić information content (AvgIpc) is 2.38. The van der Waals surface area contributed by atoms with E-state index in [0.29, 0.717) is 18.2 Å². The summed E-state index contributed by atoms with van der Waals surface area (Å²) in [5.74, 6) is 0.734. The molecular weight excluding hydrogens is 254 g/mol. The van der Waals surface area contributed by atoms with E-state index < -0.39 is 0 Å². The van der Waals surface area contributed by atoms with Crippen molar-refractivity contribution in [3.05, 3.63) is 32.6 Å². The van der Waals surface area contributed by atoms with E-state index in [1.54, 1.807) is 13.2 Å². The molecule has 1 heterocycles. The normalized spacial score (nSPS) is 12.9. The molecule has 0 aliphatic rings. The molecule has 1 atom stereocenters. The van der Waals surface area contributed by atoms with Crippen molar-refractivity contribution in [2.75, 3.05) is 0 Å². The lowest BCUT2D eigenvalue weighted by atomic mass is 10.0. The third-order valence-corrected chi connectivity index (χ3v) is 3.58. The highest BCUT2D eigenvalue weighted by Crippen LogP contribution is 2.08. The average molecular weight is 281 g/mol. The van der Waals surface area contributed by atoms with Crippen molar-refractivity contribution < 1.29 is 0 Å². The van der Waals surface area contributed by atoms with Crippen LogP contribution in [-0.2, 0) is 20.6 Å². The van der Waals surface area contributed by atoms with Crippen molar-refractivity contribution >= 4 is 0 Å². The van der Waals surface area contributed by atoms with Crippen LogP contribution >= 0.6 is 0 Å². The first-order valence-electron chi connectivity index (χ1n) is 7.31. The highest BCUT2D eigenvalue weighted by atomic mass is 16.2. The van der Waals surface area contributed by atoms with Crippen molar-refractivity contribution in [3.8, 4) is 0 Å². The van der Waals surface area contributed by atoms with E-state index in [2.05, 4.69) is 26.1 Å². The first kappa shape index (κ1) is 16.7. The van der Waals surface area contributed by atoms with Gasteiger partial charge in [0.2, 0.25) is 0 Å². The number of aryl methyl sites for hydroxylation is 1. The van der Waals surface area contributed by atoms with Crippen molar-refractivity contribution in [2.24, 2.45) is 20.0 Å². The lowest BCUT2D eigenvalue weighted by molar-refractivity contribution is 0.454. The van der Waals surface area contributed by atoms with Gasteiger partial charge in [-0.15, -0.1) is 0 Å². The Kier molecular flexibility index (Phi) is 6.20. The number of hydrogen-bond acceptors (Lipinski definition) is 3. The Morgan fingerprint density at radius 3 is 2.40 bits per heavy atom. The molecule has 20 heavy (non-hydrogen) atoms. The first-order valence-corrected chi connectivity index (χ1v) is 7.31. The minimum Gasteiger partial charge on any atom is -0.310 e. The third-order valence-electron chi connectivity index (χ3n) is 3.58. The van der Waals surface area contributed by atoms with E-state index in [1.807, 2.05) is 0 Å².